The number of anilines is 3. The summed E-state index contributed by atoms with van der Waals surface area (Å²) in [5, 5.41) is 0. The van der Waals surface area contributed by atoms with E-state index in [4.69, 9.17) is 26.7 Å². The summed E-state index contributed by atoms with van der Waals surface area (Å²) in [7, 11) is 0. The van der Waals surface area contributed by atoms with Crippen LogP contribution in [0.15, 0.2) is 79.0 Å². The highest BCUT2D eigenvalue weighted by Crippen LogP contribution is 2.36. The molecule has 7 nitrogen and oxygen atoms in total. The van der Waals surface area contributed by atoms with E-state index < -0.39 is 0 Å². The number of nitrogens with zero attached hydrogens (tertiary/aromatic N) is 2. The smallest absolute Gasteiger partial charge is 0.221 e. The molecule has 3 aromatic carbocycles. The topological polar surface area (TPSA) is 122 Å². The molecule has 4 aromatic rings. The zero-order chi connectivity index (χ0) is 23.9. The van der Waals surface area contributed by atoms with Crippen LogP contribution in [0.5, 0.6) is 5.75 Å². The van der Waals surface area contributed by atoms with Gasteiger partial charge in [0.25, 0.3) is 0 Å². The van der Waals surface area contributed by atoms with Crippen molar-refractivity contribution in [3.63, 3.8) is 0 Å². The van der Waals surface area contributed by atoms with E-state index in [1.165, 1.54) is 0 Å². The Morgan fingerprint density at radius 3 is 2.38 bits per heavy atom. The molecular formula is C27H29N5O2. The molecule has 1 atom stereocenters. The van der Waals surface area contributed by atoms with Gasteiger partial charge in [0.1, 0.15) is 11.6 Å². The Morgan fingerprint density at radius 2 is 1.68 bits per heavy atom. The van der Waals surface area contributed by atoms with Gasteiger partial charge in [-0.3, -0.25) is 0 Å². The van der Waals surface area contributed by atoms with Crippen molar-refractivity contribution in [2.75, 3.05) is 30.4 Å². The number of benzene rings is 3. The second-order valence-electron chi connectivity index (χ2n) is 7.93. The van der Waals surface area contributed by atoms with E-state index in [0.717, 1.165) is 33.6 Å². The van der Waals surface area contributed by atoms with Crippen LogP contribution < -0.4 is 21.9 Å². The van der Waals surface area contributed by atoms with Gasteiger partial charge >= 0.3 is 0 Å². The zero-order valence-electron chi connectivity index (χ0n) is 19.1. The van der Waals surface area contributed by atoms with E-state index in [1.54, 1.807) is 6.20 Å². The fourth-order valence-corrected chi connectivity index (χ4v) is 3.85. The lowest BCUT2D eigenvalue weighted by Gasteiger charge is -2.21. The molecule has 1 heterocycles. The molecule has 0 saturated heterocycles. The standard InChI is InChI=1S/C27H29N5O2/c1-2-34-25-14-20(10-13-22(25)19-8-11-21(28)12-9-19)24(23-15-31-27(30)32-26(23)29)17-33-16-18-6-4-3-5-7-18/h3-15,24H,2,16-17,28H2,1H3,(H4,29,30,31,32). The van der Waals surface area contributed by atoms with Crippen LogP contribution in [0.2, 0.25) is 0 Å². The van der Waals surface area contributed by atoms with E-state index >= 15 is 0 Å². The molecule has 0 amide bonds. The zero-order valence-corrected chi connectivity index (χ0v) is 19.1. The highest BCUT2D eigenvalue weighted by Gasteiger charge is 2.21. The summed E-state index contributed by atoms with van der Waals surface area (Å²) in [4.78, 5) is 8.34. The molecule has 0 aliphatic heterocycles. The maximum absolute atomic E-state index is 6.24. The molecule has 4 rings (SSSR count). The number of hydrogen-bond donors (Lipinski definition) is 3. The highest BCUT2D eigenvalue weighted by atomic mass is 16.5. The van der Waals surface area contributed by atoms with Crippen molar-refractivity contribution < 1.29 is 9.47 Å². The number of rotatable bonds is 9. The molecule has 0 fully saturated rings. The lowest BCUT2D eigenvalue weighted by atomic mass is 9.91. The molecule has 7 heteroatoms. The molecule has 0 bridgehead atoms. The third-order valence-corrected chi connectivity index (χ3v) is 5.57. The number of nitrogen functional groups attached to an aromatic ring is 3. The van der Waals surface area contributed by atoms with Crippen molar-refractivity contribution in [3.8, 4) is 16.9 Å². The summed E-state index contributed by atoms with van der Waals surface area (Å²) in [6, 6.07) is 23.9. The minimum Gasteiger partial charge on any atom is -0.493 e. The summed E-state index contributed by atoms with van der Waals surface area (Å²) in [5.41, 5.74) is 23.4. The van der Waals surface area contributed by atoms with Gasteiger partial charge in [-0.2, -0.15) is 4.98 Å². The molecule has 1 unspecified atom stereocenters. The van der Waals surface area contributed by atoms with Gasteiger partial charge in [-0.15, -0.1) is 0 Å². The number of hydrogen-bond acceptors (Lipinski definition) is 7. The van der Waals surface area contributed by atoms with Gasteiger partial charge in [0.2, 0.25) is 5.95 Å². The average Bonchev–Trinajstić information content (AvgIpc) is 2.84. The van der Waals surface area contributed by atoms with E-state index in [2.05, 4.69) is 16.0 Å². The number of ether oxygens (including phenoxy) is 2. The Labute approximate surface area is 199 Å². The number of nitrogens with two attached hydrogens (primary N) is 3. The second-order valence-corrected chi connectivity index (χ2v) is 7.93. The molecule has 174 valence electrons. The Bertz CT molecular complexity index is 1230. The SMILES string of the molecule is CCOc1cc(C(COCc2ccccc2)c2cnc(N)nc2N)ccc1-c1ccc(N)cc1. The Hall–Kier alpha value is -4.10. The normalized spacial score (nSPS) is 11.8. The van der Waals surface area contributed by atoms with Crippen molar-refractivity contribution in [1.29, 1.82) is 0 Å². The van der Waals surface area contributed by atoms with Gasteiger partial charge < -0.3 is 26.7 Å². The van der Waals surface area contributed by atoms with Crippen LogP contribution in [-0.2, 0) is 11.3 Å². The van der Waals surface area contributed by atoms with Gasteiger partial charge in [-0.05, 0) is 41.8 Å². The molecule has 6 N–H and O–H groups in total. The van der Waals surface area contributed by atoms with Gasteiger partial charge in [-0.25, -0.2) is 4.98 Å². The van der Waals surface area contributed by atoms with Gasteiger partial charge in [0, 0.05) is 28.9 Å². The molecule has 0 aliphatic rings. The van der Waals surface area contributed by atoms with Crippen molar-refractivity contribution in [1.82, 2.24) is 9.97 Å². The molecule has 0 saturated carbocycles. The van der Waals surface area contributed by atoms with Gasteiger partial charge in [0.05, 0.1) is 19.8 Å². The first kappa shape index (κ1) is 23.1. The third-order valence-electron chi connectivity index (χ3n) is 5.57. The van der Waals surface area contributed by atoms with Crippen molar-refractivity contribution >= 4 is 17.5 Å². The first-order valence-electron chi connectivity index (χ1n) is 11.2. The molecule has 0 radical (unpaired) electrons. The van der Waals surface area contributed by atoms with E-state index in [1.807, 2.05) is 73.7 Å². The summed E-state index contributed by atoms with van der Waals surface area (Å²) in [5.74, 6) is 1.04. The fourth-order valence-electron chi connectivity index (χ4n) is 3.85. The minimum absolute atomic E-state index is 0.138. The highest BCUT2D eigenvalue weighted by molar-refractivity contribution is 5.72. The quantitative estimate of drug-likeness (QED) is 0.314. The van der Waals surface area contributed by atoms with Gasteiger partial charge in [-0.1, -0.05) is 54.6 Å². The van der Waals surface area contributed by atoms with Crippen LogP contribution >= 0.6 is 0 Å². The van der Waals surface area contributed by atoms with Crippen LogP contribution in [-0.4, -0.2) is 23.2 Å². The summed E-state index contributed by atoms with van der Waals surface area (Å²) in [6.07, 6.45) is 1.67. The Kier molecular flexibility index (Phi) is 7.25. The first-order valence-corrected chi connectivity index (χ1v) is 11.2. The van der Waals surface area contributed by atoms with Crippen LogP contribution in [0.25, 0.3) is 11.1 Å². The molecule has 1 aromatic heterocycles. The monoisotopic (exact) mass is 455 g/mol. The lowest BCUT2D eigenvalue weighted by Crippen LogP contribution is -2.14. The fraction of sp³-hybridized carbons (Fsp3) is 0.185. The predicted octanol–water partition coefficient (Wildman–Crippen LogP) is 4.64. The van der Waals surface area contributed by atoms with Gasteiger partial charge in [0.15, 0.2) is 0 Å². The Balaban J connectivity index is 1.69. The summed E-state index contributed by atoms with van der Waals surface area (Å²) >= 11 is 0. The van der Waals surface area contributed by atoms with E-state index in [-0.39, 0.29) is 11.9 Å². The molecule has 0 spiro atoms. The molecular weight excluding hydrogens is 426 g/mol. The van der Waals surface area contributed by atoms with Crippen molar-refractivity contribution in [2.24, 2.45) is 0 Å². The average molecular weight is 456 g/mol. The largest absolute Gasteiger partial charge is 0.493 e. The lowest BCUT2D eigenvalue weighted by molar-refractivity contribution is 0.114. The predicted molar refractivity (Wildman–Crippen MR) is 136 cm³/mol. The van der Waals surface area contributed by atoms with Crippen LogP contribution in [0.4, 0.5) is 17.5 Å². The maximum atomic E-state index is 6.24. The first-order chi connectivity index (χ1) is 16.5. The van der Waals surface area contributed by atoms with Crippen LogP contribution in [0.1, 0.15) is 29.5 Å². The minimum atomic E-state index is -0.205. The van der Waals surface area contributed by atoms with E-state index in [9.17, 15) is 0 Å². The third kappa shape index (κ3) is 5.44. The van der Waals surface area contributed by atoms with Crippen molar-refractivity contribution in [2.45, 2.75) is 19.4 Å². The van der Waals surface area contributed by atoms with Crippen molar-refractivity contribution in [3.05, 3.63) is 95.7 Å². The van der Waals surface area contributed by atoms with Crippen LogP contribution in [0.3, 0.4) is 0 Å². The summed E-state index contributed by atoms with van der Waals surface area (Å²) in [6.45, 7) is 3.37. The summed E-state index contributed by atoms with van der Waals surface area (Å²) < 4.78 is 12.1. The van der Waals surface area contributed by atoms with Crippen LogP contribution in [0, 0.1) is 0 Å². The molecule has 34 heavy (non-hydrogen) atoms. The maximum Gasteiger partial charge on any atom is 0.221 e. The molecule has 0 aliphatic carbocycles. The second kappa shape index (κ2) is 10.7. The Morgan fingerprint density at radius 1 is 0.912 bits per heavy atom. The number of aromatic nitrogens is 2. The van der Waals surface area contributed by atoms with E-state index in [0.29, 0.717) is 31.3 Å².